The van der Waals surface area contributed by atoms with E-state index in [0.29, 0.717) is 10.8 Å². The third-order valence-electron chi connectivity index (χ3n) is 4.14. The minimum atomic E-state index is 0.0791. The minimum absolute atomic E-state index is 0.0791. The number of rotatable bonds is 4. The standard InChI is InChI=1S/C20H15BrClN3O2/c1-27-17-10-12(2-8-16(17)26)19-20(23-15-6-3-13(21)4-7-15)25-11-14(22)5-9-18(25)24-19/h2-11,23,26H,1H3. The monoisotopic (exact) mass is 443 g/mol. The van der Waals surface area contributed by atoms with Crippen molar-refractivity contribution in [1.29, 1.82) is 0 Å². The highest BCUT2D eigenvalue weighted by molar-refractivity contribution is 9.10. The highest BCUT2D eigenvalue weighted by Crippen LogP contribution is 2.36. The molecule has 5 nitrogen and oxygen atoms in total. The summed E-state index contributed by atoms with van der Waals surface area (Å²) in [6, 6.07) is 16.7. The first-order chi connectivity index (χ1) is 13.0. The molecule has 2 heterocycles. The number of fused-ring (bicyclic) bond motifs is 1. The molecule has 0 saturated heterocycles. The molecule has 2 aromatic heterocycles. The maximum Gasteiger partial charge on any atom is 0.161 e. The van der Waals surface area contributed by atoms with Gasteiger partial charge in [-0.15, -0.1) is 0 Å². The lowest BCUT2D eigenvalue weighted by atomic mass is 10.1. The number of pyridine rings is 1. The van der Waals surface area contributed by atoms with E-state index >= 15 is 0 Å². The third-order valence-corrected chi connectivity index (χ3v) is 4.89. The van der Waals surface area contributed by atoms with Crippen molar-refractivity contribution < 1.29 is 9.84 Å². The first-order valence-electron chi connectivity index (χ1n) is 8.13. The van der Waals surface area contributed by atoms with Crippen molar-refractivity contribution in [3.63, 3.8) is 0 Å². The number of hydrogen-bond acceptors (Lipinski definition) is 4. The Morgan fingerprint density at radius 1 is 1.11 bits per heavy atom. The summed E-state index contributed by atoms with van der Waals surface area (Å²) in [5.41, 5.74) is 3.19. The number of methoxy groups -OCH3 is 1. The number of nitrogens with zero attached hydrogens (tertiary/aromatic N) is 2. The fourth-order valence-electron chi connectivity index (χ4n) is 2.83. The number of aromatic nitrogens is 2. The lowest BCUT2D eigenvalue weighted by molar-refractivity contribution is 0.373. The molecule has 2 aromatic carbocycles. The van der Waals surface area contributed by atoms with E-state index in [9.17, 15) is 5.11 Å². The van der Waals surface area contributed by atoms with Gasteiger partial charge in [0.2, 0.25) is 0 Å². The Bertz CT molecular complexity index is 1130. The van der Waals surface area contributed by atoms with Gasteiger partial charge in [0.15, 0.2) is 11.5 Å². The van der Waals surface area contributed by atoms with E-state index in [1.165, 1.54) is 7.11 Å². The highest BCUT2D eigenvalue weighted by atomic mass is 79.9. The molecule has 0 saturated carbocycles. The van der Waals surface area contributed by atoms with Gasteiger partial charge in [0.25, 0.3) is 0 Å². The molecular weight excluding hydrogens is 430 g/mol. The largest absolute Gasteiger partial charge is 0.504 e. The lowest BCUT2D eigenvalue weighted by Crippen LogP contribution is -1.97. The van der Waals surface area contributed by atoms with Gasteiger partial charge in [-0.2, -0.15) is 0 Å². The lowest BCUT2D eigenvalue weighted by Gasteiger charge is -2.10. The molecule has 4 aromatic rings. The molecular formula is C20H15BrClN3O2. The number of phenolic OH excluding ortho intramolecular Hbond substituents is 1. The van der Waals surface area contributed by atoms with Crippen molar-refractivity contribution in [3.8, 4) is 22.8 Å². The van der Waals surface area contributed by atoms with Crippen LogP contribution in [0, 0.1) is 0 Å². The van der Waals surface area contributed by atoms with Crippen LogP contribution in [0.5, 0.6) is 11.5 Å². The fraction of sp³-hybridized carbons (Fsp3) is 0.0500. The van der Waals surface area contributed by atoms with Crippen molar-refractivity contribution in [2.24, 2.45) is 0 Å². The van der Waals surface area contributed by atoms with Crippen LogP contribution >= 0.6 is 27.5 Å². The zero-order valence-electron chi connectivity index (χ0n) is 14.3. The number of benzene rings is 2. The summed E-state index contributed by atoms with van der Waals surface area (Å²) < 4.78 is 8.14. The summed E-state index contributed by atoms with van der Waals surface area (Å²) in [5.74, 6) is 1.23. The molecule has 136 valence electrons. The molecule has 0 spiro atoms. The second-order valence-electron chi connectivity index (χ2n) is 5.90. The van der Waals surface area contributed by atoms with Gasteiger partial charge in [0, 0.05) is 21.9 Å². The van der Waals surface area contributed by atoms with Gasteiger partial charge >= 0.3 is 0 Å². The molecule has 0 fully saturated rings. The zero-order valence-corrected chi connectivity index (χ0v) is 16.6. The first-order valence-corrected chi connectivity index (χ1v) is 9.30. The Kier molecular flexibility index (Phi) is 4.68. The van der Waals surface area contributed by atoms with Crippen LogP contribution in [0.4, 0.5) is 11.5 Å². The molecule has 7 heteroatoms. The normalized spacial score (nSPS) is 10.9. The van der Waals surface area contributed by atoms with Crippen molar-refractivity contribution in [2.75, 3.05) is 12.4 Å². The molecule has 0 atom stereocenters. The smallest absolute Gasteiger partial charge is 0.161 e. The zero-order chi connectivity index (χ0) is 19.0. The highest BCUT2D eigenvalue weighted by Gasteiger charge is 2.16. The van der Waals surface area contributed by atoms with E-state index < -0.39 is 0 Å². The summed E-state index contributed by atoms with van der Waals surface area (Å²) in [4.78, 5) is 4.74. The predicted molar refractivity (Wildman–Crippen MR) is 111 cm³/mol. The topological polar surface area (TPSA) is 58.8 Å². The van der Waals surface area contributed by atoms with Gasteiger partial charge in [-0.05, 0) is 54.6 Å². The molecule has 0 aliphatic heterocycles. The van der Waals surface area contributed by atoms with Crippen LogP contribution in [0.3, 0.4) is 0 Å². The molecule has 0 unspecified atom stereocenters. The quantitative estimate of drug-likeness (QED) is 0.413. The second-order valence-corrected chi connectivity index (χ2v) is 7.26. The van der Waals surface area contributed by atoms with Crippen molar-refractivity contribution in [3.05, 3.63) is 70.3 Å². The fourth-order valence-corrected chi connectivity index (χ4v) is 3.26. The number of hydrogen-bond donors (Lipinski definition) is 2. The van der Waals surface area contributed by atoms with Crippen LogP contribution in [0.1, 0.15) is 0 Å². The minimum Gasteiger partial charge on any atom is -0.504 e. The van der Waals surface area contributed by atoms with Gasteiger partial charge in [0.05, 0.1) is 12.1 Å². The molecule has 2 N–H and O–H groups in total. The second kappa shape index (κ2) is 7.13. The van der Waals surface area contributed by atoms with Gasteiger partial charge < -0.3 is 15.2 Å². The summed E-state index contributed by atoms with van der Waals surface area (Å²) >= 11 is 9.65. The van der Waals surface area contributed by atoms with Gasteiger partial charge in [-0.25, -0.2) is 4.98 Å². The molecule has 4 rings (SSSR count). The van der Waals surface area contributed by atoms with Gasteiger partial charge in [-0.1, -0.05) is 27.5 Å². The molecule has 0 aliphatic rings. The maximum atomic E-state index is 9.90. The average Bonchev–Trinajstić information content (AvgIpc) is 3.01. The van der Waals surface area contributed by atoms with Crippen LogP contribution in [-0.2, 0) is 0 Å². The summed E-state index contributed by atoms with van der Waals surface area (Å²) in [7, 11) is 1.52. The van der Waals surface area contributed by atoms with Crippen molar-refractivity contribution in [2.45, 2.75) is 0 Å². The number of anilines is 2. The first kappa shape index (κ1) is 17.7. The van der Waals surface area contributed by atoms with Crippen molar-refractivity contribution >= 4 is 44.7 Å². The van der Waals surface area contributed by atoms with Crippen LogP contribution < -0.4 is 10.1 Å². The van der Waals surface area contributed by atoms with E-state index in [0.717, 1.165) is 32.9 Å². The Labute approximate surface area is 169 Å². The van der Waals surface area contributed by atoms with Gasteiger partial charge in [0.1, 0.15) is 17.2 Å². The Morgan fingerprint density at radius 2 is 1.89 bits per heavy atom. The molecule has 0 radical (unpaired) electrons. The van der Waals surface area contributed by atoms with Crippen LogP contribution in [0.2, 0.25) is 5.02 Å². The maximum absolute atomic E-state index is 9.90. The number of nitrogens with one attached hydrogen (secondary N) is 1. The van der Waals surface area contributed by atoms with Crippen LogP contribution in [-0.4, -0.2) is 21.6 Å². The Morgan fingerprint density at radius 3 is 2.63 bits per heavy atom. The van der Waals surface area contributed by atoms with Gasteiger partial charge in [-0.3, -0.25) is 4.40 Å². The van der Waals surface area contributed by atoms with E-state index in [2.05, 4.69) is 21.2 Å². The van der Waals surface area contributed by atoms with E-state index in [1.807, 2.05) is 40.9 Å². The predicted octanol–water partition coefficient (Wildman–Crippen LogP) is 5.88. The number of aromatic hydroxyl groups is 1. The average molecular weight is 445 g/mol. The third kappa shape index (κ3) is 3.46. The summed E-state index contributed by atoms with van der Waals surface area (Å²) in [6.45, 7) is 0. The number of phenols is 1. The summed E-state index contributed by atoms with van der Waals surface area (Å²) in [6.07, 6.45) is 1.81. The number of imidazole rings is 1. The van der Waals surface area contributed by atoms with Crippen LogP contribution in [0.25, 0.3) is 16.9 Å². The molecule has 0 bridgehead atoms. The Balaban J connectivity index is 1.90. The van der Waals surface area contributed by atoms with E-state index in [1.54, 1.807) is 24.3 Å². The summed E-state index contributed by atoms with van der Waals surface area (Å²) in [5, 5.41) is 13.9. The molecule has 0 aliphatic carbocycles. The molecule has 0 amide bonds. The SMILES string of the molecule is COc1cc(-c2nc3ccc(Cl)cn3c2Nc2ccc(Br)cc2)ccc1O. The molecule has 27 heavy (non-hydrogen) atoms. The van der Waals surface area contributed by atoms with Crippen molar-refractivity contribution in [1.82, 2.24) is 9.38 Å². The van der Waals surface area contributed by atoms with Crippen LogP contribution in [0.15, 0.2) is 65.3 Å². The Hall–Kier alpha value is -2.70. The van der Waals surface area contributed by atoms with E-state index in [4.69, 9.17) is 21.3 Å². The number of halogens is 2. The van der Waals surface area contributed by atoms with E-state index in [-0.39, 0.29) is 5.75 Å². The number of ether oxygens (including phenoxy) is 1.